The van der Waals surface area contributed by atoms with Gasteiger partial charge in [-0.3, -0.25) is 0 Å². The van der Waals surface area contributed by atoms with Gasteiger partial charge in [0.1, 0.15) is 0 Å². The first-order valence-corrected chi connectivity index (χ1v) is 9.14. The Morgan fingerprint density at radius 3 is 2.70 bits per heavy atom. The van der Waals surface area contributed by atoms with Gasteiger partial charge >= 0.3 is 0 Å². The van der Waals surface area contributed by atoms with Crippen molar-refractivity contribution >= 4 is 17.4 Å². The second-order valence-electron chi connectivity index (χ2n) is 6.05. The zero-order valence-electron chi connectivity index (χ0n) is 13.2. The average molecular weight is 321 g/mol. The van der Waals surface area contributed by atoms with Gasteiger partial charge in [-0.1, -0.05) is 30.4 Å². The van der Waals surface area contributed by atoms with E-state index in [-0.39, 0.29) is 0 Å². The summed E-state index contributed by atoms with van der Waals surface area (Å²) in [6.07, 6.45) is 5.43. The van der Waals surface area contributed by atoms with Crippen LogP contribution < -0.4 is 0 Å². The molecule has 1 aliphatic carbocycles. The van der Waals surface area contributed by atoms with Crippen LogP contribution in [0, 0.1) is 5.92 Å². The number of thioether (sulfide) groups is 1. The summed E-state index contributed by atoms with van der Waals surface area (Å²) in [6.45, 7) is 4.19. The van der Waals surface area contributed by atoms with E-state index in [1.54, 1.807) is 11.8 Å². The molecule has 0 saturated heterocycles. The molecule has 3 nitrogen and oxygen atoms in total. The third-order valence-electron chi connectivity index (χ3n) is 4.33. The fourth-order valence-corrected chi connectivity index (χ4v) is 3.25. The average Bonchev–Trinajstić information content (AvgIpc) is 3.35. The van der Waals surface area contributed by atoms with Crippen molar-refractivity contribution in [2.75, 3.05) is 6.26 Å². The Kier molecular flexibility index (Phi) is 3.69. The van der Waals surface area contributed by atoms with E-state index in [0.717, 1.165) is 29.1 Å². The van der Waals surface area contributed by atoms with Crippen LogP contribution >= 0.6 is 11.8 Å². The van der Waals surface area contributed by atoms with E-state index in [2.05, 4.69) is 48.2 Å². The normalized spacial score (nSPS) is 14.3. The molecule has 0 unspecified atom stereocenters. The maximum Gasteiger partial charge on any atom is 0.156 e. The lowest BCUT2D eigenvalue weighted by Crippen LogP contribution is -1.96. The molecule has 0 aliphatic heterocycles. The summed E-state index contributed by atoms with van der Waals surface area (Å²) >= 11 is 1.75. The van der Waals surface area contributed by atoms with Crippen molar-refractivity contribution in [2.24, 2.45) is 5.92 Å². The first kappa shape index (κ1) is 14.5. The summed E-state index contributed by atoms with van der Waals surface area (Å²) in [6, 6.07) is 14.7. The van der Waals surface area contributed by atoms with Crippen molar-refractivity contribution < 1.29 is 0 Å². The molecule has 0 amide bonds. The molecule has 4 heteroatoms. The van der Waals surface area contributed by atoms with Crippen molar-refractivity contribution in [2.45, 2.75) is 24.2 Å². The zero-order valence-corrected chi connectivity index (χ0v) is 14.0. The fraction of sp³-hybridized carbons (Fsp3) is 0.263. The molecular weight excluding hydrogens is 302 g/mol. The van der Waals surface area contributed by atoms with Crippen LogP contribution in [0.3, 0.4) is 0 Å². The minimum absolute atomic E-state index is 0.695. The molecule has 1 fully saturated rings. The minimum Gasteiger partial charge on any atom is -0.213 e. The van der Waals surface area contributed by atoms with E-state index in [0.29, 0.717) is 5.92 Å². The molecule has 116 valence electrons. The van der Waals surface area contributed by atoms with Crippen LogP contribution in [-0.2, 0) is 6.42 Å². The topological polar surface area (TPSA) is 30.2 Å². The lowest BCUT2D eigenvalue weighted by Gasteiger charge is -2.05. The molecule has 0 radical (unpaired) electrons. The van der Waals surface area contributed by atoms with E-state index >= 15 is 0 Å². The number of fused-ring (bicyclic) bond motifs is 1. The molecule has 1 aromatic carbocycles. The molecule has 2 aromatic heterocycles. The standard InChI is InChI=1S/C19H19N3S/c1-13(14-6-7-14)12-18-20-19-5-3-4-17(22(19)21-18)15-8-10-16(23-2)11-9-15/h3-5,8-11,14H,1,6-7,12H2,2H3. The van der Waals surface area contributed by atoms with Crippen molar-refractivity contribution in [3.63, 3.8) is 0 Å². The van der Waals surface area contributed by atoms with Crippen molar-refractivity contribution in [3.05, 3.63) is 60.4 Å². The molecule has 3 aromatic rings. The van der Waals surface area contributed by atoms with Gasteiger partial charge in [0, 0.05) is 16.9 Å². The van der Waals surface area contributed by atoms with Crippen LogP contribution in [0.5, 0.6) is 0 Å². The molecule has 0 atom stereocenters. The molecule has 1 aliphatic rings. The van der Waals surface area contributed by atoms with Crippen LogP contribution in [0.15, 0.2) is 59.5 Å². The molecule has 4 rings (SSSR count). The smallest absolute Gasteiger partial charge is 0.156 e. The molecule has 0 spiro atoms. The Labute approximate surface area is 140 Å². The molecule has 2 heterocycles. The van der Waals surface area contributed by atoms with Crippen LogP contribution in [-0.4, -0.2) is 20.9 Å². The van der Waals surface area contributed by atoms with Gasteiger partial charge in [-0.25, -0.2) is 9.50 Å². The highest BCUT2D eigenvalue weighted by molar-refractivity contribution is 7.98. The summed E-state index contributed by atoms with van der Waals surface area (Å²) in [7, 11) is 0. The van der Waals surface area contributed by atoms with E-state index in [1.165, 1.54) is 23.3 Å². The van der Waals surface area contributed by atoms with Gasteiger partial charge in [-0.15, -0.1) is 11.8 Å². The van der Waals surface area contributed by atoms with E-state index in [9.17, 15) is 0 Å². The zero-order chi connectivity index (χ0) is 15.8. The van der Waals surface area contributed by atoms with Crippen LogP contribution in [0.4, 0.5) is 0 Å². The van der Waals surface area contributed by atoms with Gasteiger partial charge in [0.05, 0.1) is 5.69 Å². The van der Waals surface area contributed by atoms with Gasteiger partial charge in [0.15, 0.2) is 11.5 Å². The minimum atomic E-state index is 0.695. The molecule has 1 saturated carbocycles. The van der Waals surface area contributed by atoms with E-state index in [4.69, 9.17) is 5.10 Å². The molecule has 0 N–H and O–H groups in total. The van der Waals surface area contributed by atoms with Gasteiger partial charge in [-0.2, -0.15) is 5.10 Å². The largest absolute Gasteiger partial charge is 0.213 e. The number of pyridine rings is 1. The lowest BCUT2D eigenvalue weighted by molar-refractivity contribution is 0.856. The highest BCUT2D eigenvalue weighted by atomic mass is 32.2. The van der Waals surface area contributed by atoms with Crippen LogP contribution in [0.2, 0.25) is 0 Å². The third kappa shape index (κ3) is 2.91. The summed E-state index contributed by atoms with van der Waals surface area (Å²) in [5, 5.41) is 4.72. The Hall–Kier alpha value is -2.07. The van der Waals surface area contributed by atoms with Gasteiger partial charge in [0.2, 0.25) is 0 Å². The lowest BCUT2D eigenvalue weighted by atomic mass is 10.1. The number of benzene rings is 1. The Morgan fingerprint density at radius 1 is 1.22 bits per heavy atom. The van der Waals surface area contributed by atoms with Crippen molar-refractivity contribution in [1.29, 1.82) is 0 Å². The third-order valence-corrected chi connectivity index (χ3v) is 5.07. The first-order chi connectivity index (χ1) is 11.2. The first-order valence-electron chi connectivity index (χ1n) is 7.91. The van der Waals surface area contributed by atoms with Gasteiger partial charge in [-0.05, 0) is 49.3 Å². The Morgan fingerprint density at radius 2 is 2.00 bits per heavy atom. The predicted octanol–water partition coefficient (Wildman–Crippen LogP) is 4.63. The number of hydrogen-bond donors (Lipinski definition) is 0. The highest BCUT2D eigenvalue weighted by Gasteiger charge is 2.25. The summed E-state index contributed by atoms with van der Waals surface area (Å²) in [5.74, 6) is 1.57. The van der Waals surface area contributed by atoms with E-state index < -0.39 is 0 Å². The monoisotopic (exact) mass is 321 g/mol. The number of aromatic nitrogens is 3. The second-order valence-corrected chi connectivity index (χ2v) is 6.93. The molecule has 23 heavy (non-hydrogen) atoms. The molecular formula is C19H19N3S. The van der Waals surface area contributed by atoms with Gasteiger partial charge < -0.3 is 0 Å². The summed E-state index contributed by atoms with van der Waals surface area (Å²) in [4.78, 5) is 5.93. The van der Waals surface area contributed by atoms with E-state index in [1.807, 2.05) is 16.6 Å². The summed E-state index contributed by atoms with van der Waals surface area (Å²) in [5.41, 5.74) is 4.40. The maximum atomic E-state index is 4.72. The van der Waals surface area contributed by atoms with Gasteiger partial charge in [0.25, 0.3) is 0 Å². The number of rotatable bonds is 5. The van der Waals surface area contributed by atoms with Crippen LogP contribution in [0.1, 0.15) is 18.7 Å². The SMILES string of the molecule is C=C(Cc1nc2cccc(-c3ccc(SC)cc3)n2n1)C1CC1. The quantitative estimate of drug-likeness (QED) is 0.507. The van der Waals surface area contributed by atoms with Crippen molar-refractivity contribution in [3.8, 4) is 11.3 Å². The highest BCUT2D eigenvalue weighted by Crippen LogP contribution is 2.36. The number of nitrogens with zero attached hydrogens (tertiary/aromatic N) is 3. The fourth-order valence-electron chi connectivity index (χ4n) is 2.84. The number of allylic oxidation sites excluding steroid dienone is 1. The predicted molar refractivity (Wildman–Crippen MR) is 95.8 cm³/mol. The van der Waals surface area contributed by atoms with Crippen LogP contribution in [0.25, 0.3) is 16.9 Å². The Balaban J connectivity index is 1.71. The van der Waals surface area contributed by atoms with Crippen molar-refractivity contribution in [1.82, 2.24) is 14.6 Å². The summed E-state index contributed by atoms with van der Waals surface area (Å²) < 4.78 is 1.95. The number of hydrogen-bond acceptors (Lipinski definition) is 3. The maximum absolute atomic E-state index is 4.72. The second kappa shape index (κ2) is 5.85. The molecule has 0 bridgehead atoms. The Bertz CT molecular complexity index is 860.